The monoisotopic (exact) mass is 819 g/mol. The molecule has 1 amide bonds. The van der Waals surface area contributed by atoms with Gasteiger partial charge in [-0.3, -0.25) is 13.3 Å². The number of nitrogens with zero attached hydrogens (tertiary/aromatic N) is 4. The molecule has 1 aromatic heterocycles. The van der Waals surface area contributed by atoms with Gasteiger partial charge in [0.15, 0.2) is 8.32 Å². The molecule has 0 bridgehead atoms. The molecule has 0 aliphatic heterocycles. The molecule has 1 aliphatic carbocycles. The van der Waals surface area contributed by atoms with Crippen LogP contribution in [-0.2, 0) is 30.0 Å². The number of hydrogen-bond acceptors (Lipinski definition) is 10. The van der Waals surface area contributed by atoms with E-state index in [1.807, 2.05) is 20.8 Å². The van der Waals surface area contributed by atoms with Crippen LogP contribution in [0.15, 0.2) is 36.4 Å². The van der Waals surface area contributed by atoms with Gasteiger partial charge in [0, 0.05) is 28.6 Å². The number of halogens is 1. The van der Waals surface area contributed by atoms with Crippen LogP contribution in [0.5, 0.6) is 5.75 Å². The highest BCUT2D eigenvalue weighted by Crippen LogP contribution is 2.40. The van der Waals surface area contributed by atoms with E-state index in [2.05, 4.69) is 5.10 Å². The zero-order valence-corrected chi connectivity index (χ0v) is 35.7. The highest BCUT2D eigenvalue weighted by atomic mass is 32.2. The minimum absolute atomic E-state index is 0.0143. The van der Waals surface area contributed by atoms with Gasteiger partial charge in [-0.1, -0.05) is 33.3 Å². The Kier molecular flexibility index (Phi) is 14.7. The van der Waals surface area contributed by atoms with Crippen molar-refractivity contribution in [3.63, 3.8) is 0 Å². The SMILES string of the molecule is CC[Si](CC)(CC)OC(CN(CCOc1ccc2c(C3CCC3)nn(C(=O)O)c2c1)C(=O)OC(C)(C)C)c1ccc(F)c(N(CC(=O)OC(C)(C)C)S(=O)[O-])c1. The molecular weight excluding hydrogens is 764 g/mol. The van der Waals surface area contributed by atoms with E-state index in [0.717, 1.165) is 59.2 Å². The smallest absolute Gasteiger partial charge is 0.432 e. The van der Waals surface area contributed by atoms with E-state index in [0.29, 0.717) is 21.1 Å². The van der Waals surface area contributed by atoms with Crippen LogP contribution < -0.4 is 9.04 Å². The Hall–Kier alpha value is -4.06. The third kappa shape index (κ3) is 11.5. The zero-order chi connectivity index (χ0) is 41.6. The molecule has 0 spiro atoms. The lowest BCUT2D eigenvalue weighted by molar-refractivity contribution is -0.152. The molecule has 14 nitrogen and oxygen atoms in total. The molecule has 1 N–H and O–H groups in total. The number of carbonyl (C=O) groups is 3. The molecule has 56 heavy (non-hydrogen) atoms. The first-order valence-corrected chi connectivity index (χ1v) is 22.7. The van der Waals surface area contributed by atoms with Crippen molar-refractivity contribution < 1.29 is 51.3 Å². The Labute approximate surface area is 332 Å². The first-order chi connectivity index (χ1) is 26.2. The molecule has 4 rings (SSSR count). The second kappa shape index (κ2) is 18.5. The van der Waals surface area contributed by atoms with Crippen LogP contribution in [0.1, 0.15) is 105 Å². The summed E-state index contributed by atoms with van der Waals surface area (Å²) in [4.78, 5) is 40.0. The van der Waals surface area contributed by atoms with Crippen molar-refractivity contribution in [3.05, 3.63) is 53.5 Å². The lowest BCUT2D eigenvalue weighted by Crippen LogP contribution is -2.45. The minimum atomic E-state index is -3.05. The molecule has 2 unspecified atom stereocenters. The average Bonchev–Trinajstić information content (AvgIpc) is 3.45. The zero-order valence-electron chi connectivity index (χ0n) is 33.9. The molecule has 2 aromatic carbocycles. The van der Waals surface area contributed by atoms with E-state index < -0.39 is 67.4 Å². The van der Waals surface area contributed by atoms with Crippen LogP contribution in [-0.4, -0.2) is 92.5 Å². The summed E-state index contributed by atoms with van der Waals surface area (Å²) in [5, 5.41) is 15.0. The number of benzene rings is 2. The maximum atomic E-state index is 15.5. The molecule has 310 valence electrons. The molecule has 1 saturated carbocycles. The van der Waals surface area contributed by atoms with E-state index in [1.165, 1.54) is 17.0 Å². The molecule has 0 saturated heterocycles. The van der Waals surface area contributed by atoms with Gasteiger partial charge in [0.1, 0.15) is 35.9 Å². The number of carboxylic acid groups (broad SMARTS) is 1. The Morgan fingerprint density at radius 3 is 2.20 bits per heavy atom. The van der Waals surface area contributed by atoms with Crippen LogP contribution in [0.4, 0.5) is 19.7 Å². The second-order valence-corrected chi connectivity index (χ2v) is 21.7. The van der Waals surface area contributed by atoms with Gasteiger partial charge in [0.05, 0.1) is 36.1 Å². The van der Waals surface area contributed by atoms with Gasteiger partial charge < -0.3 is 33.2 Å². The maximum absolute atomic E-state index is 15.5. The summed E-state index contributed by atoms with van der Waals surface area (Å²) in [7, 11) is -2.44. The number of rotatable bonds is 17. The van der Waals surface area contributed by atoms with Crippen LogP contribution in [0.25, 0.3) is 10.9 Å². The summed E-state index contributed by atoms with van der Waals surface area (Å²) >= 11 is -3.05. The van der Waals surface area contributed by atoms with E-state index >= 15 is 4.39 Å². The van der Waals surface area contributed by atoms with Gasteiger partial charge in [-0.15, -0.1) is 0 Å². The van der Waals surface area contributed by atoms with Crippen molar-refractivity contribution in [1.29, 1.82) is 0 Å². The van der Waals surface area contributed by atoms with Gasteiger partial charge in [-0.2, -0.15) is 9.78 Å². The Bertz CT molecular complexity index is 1880. The lowest BCUT2D eigenvalue weighted by atomic mass is 9.82. The first kappa shape index (κ1) is 44.6. The van der Waals surface area contributed by atoms with Crippen LogP contribution in [0.3, 0.4) is 0 Å². The van der Waals surface area contributed by atoms with Crippen molar-refractivity contribution in [3.8, 4) is 5.75 Å². The third-order valence-electron chi connectivity index (χ3n) is 9.83. The highest BCUT2D eigenvalue weighted by molar-refractivity contribution is 7.80. The highest BCUT2D eigenvalue weighted by Gasteiger charge is 2.36. The molecule has 1 heterocycles. The summed E-state index contributed by atoms with van der Waals surface area (Å²) in [6.45, 7) is 15.4. The number of ether oxygens (including phenoxy) is 3. The number of amides is 1. The number of fused-ring (bicyclic) bond motifs is 1. The molecule has 17 heteroatoms. The van der Waals surface area contributed by atoms with Gasteiger partial charge >= 0.3 is 18.2 Å². The maximum Gasteiger partial charge on any atom is 0.432 e. The fourth-order valence-electron chi connectivity index (χ4n) is 6.54. The summed E-state index contributed by atoms with van der Waals surface area (Å²) in [6, 6.07) is 11.3. The predicted octanol–water partition coefficient (Wildman–Crippen LogP) is 8.29. The van der Waals surface area contributed by atoms with Crippen molar-refractivity contribution in [2.45, 2.75) is 123 Å². The largest absolute Gasteiger partial charge is 0.755 e. The topological polar surface area (TPSA) is 173 Å². The number of hydrogen-bond donors (Lipinski definition) is 1. The van der Waals surface area contributed by atoms with Crippen molar-refractivity contribution >= 4 is 54.3 Å². The number of esters is 1. The van der Waals surface area contributed by atoms with E-state index in [4.69, 9.17) is 18.6 Å². The summed E-state index contributed by atoms with van der Waals surface area (Å²) in [6.07, 6.45) is 0.254. The molecule has 1 fully saturated rings. The van der Waals surface area contributed by atoms with Crippen molar-refractivity contribution in [2.75, 3.05) is 30.5 Å². The Morgan fingerprint density at radius 1 is 1.02 bits per heavy atom. The molecule has 0 radical (unpaired) electrons. The van der Waals surface area contributed by atoms with Gasteiger partial charge in [-0.25, -0.2) is 14.0 Å². The fraction of sp³-hybridized carbons (Fsp3) is 0.590. The molecule has 3 aromatic rings. The summed E-state index contributed by atoms with van der Waals surface area (Å²) < 4.78 is 66.0. The standard InChI is InChI=1S/C39H57FN4O10SSi/c1-10-56(11-2,12-3)54-33(27-16-19-30(40)32(22-27)43(55(49)50)25-34(45)52-38(4,5)6)24-42(37(48)53-39(7,8)9)20-21-51-28-17-18-29-31(23-28)44(36(46)47)41-35(29)26-14-13-15-26/h16-19,22-23,26,33H,10-15,20-21,24-25H2,1-9H3,(H,46,47)(H,49,50)/p-1. The van der Waals surface area contributed by atoms with Crippen LogP contribution in [0.2, 0.25) is 18.1 Å². The van der Waals surface area contributed by atoms with Crippen molar-refractivity contribution in [1.82, 2.24) is 14.7 Å². The van der Waals surface area contributed by atoms with Crippen LogP contribution >= 0.6 is 0 Å². The number of aromatic nitrogens is 2. The van der Waals surface area contributed by atoms with E-state index in [-0.39, 0.29) is 31.3 Å². The number of carbonyl (C=O) groups excluding carboxylic acids is 2. The normalized spacial score (nSPS) is 14.8. The van der Waals surface area contributed by atoms with Crippen molar-refractivity contribution in [2.24, 2.45) is 0 Å². The number of anilines is 1. The minimum Gasteiger partial charge on any atom is -0.755 e. The van der Waals surface area contributed by atoms with E-state index in [9.17, 15) is 28.3 Å². The van der Waals surface area contributed by atoms with Crippen LogP contribution in [0, 0.1) is 5.82 Å². The Balaban J connectivity index is 1.68. The average molecular weight is 820 g/mol. The second-order valence-electron chi connectivity index (χ2n) is 16.1. The fourth-order valence-corrected chi connectivity index (χ4v) is 9.86. The van der Waals surface area contributed by atoms with Gasteiger partial charge in [0.2, 0.25) is 0 Å². The lowest BCUT2D eigenvalue weighted by Gasteiger charge is -2.37. The van der Waals surface area contributed by atoms with Gasteiger partial charge in [-0.05, 0) is 102 Å². The summed E-state index contributed by atoms with van der Waals surface area (Å²) in [5.41, 5.74) is -0.591. The quantitative estimate of drug-likeness (QED) is 0.0789. The predicted molar refractivity (Wildman–Crippen MR) is 213 cm³/mol. The Morgan fingerprint density at radius 2 is 1.66 bits per heavy atom. The summed E-state index contributed by atoms with van der Waals surface area (Å²) in [5.74, 6) is -1.16. The van der Waals surface area contributed by atoms with Gasteiger partial charge in [0.25, 0.3) is 0 Å². The first-order valence-electron chi connectivity index (χ1n) is 19.1. The molecule has 1 aliphatic rings. The third-order valence-corrected chi connectivity index (χ3v) is 15.2. The van der Waals surface area contributed by atoms with E-state index in [1.54, 1.807) is 59.7 Å². The molecule has 2 atom stereocenters. The molecular formula is C39H56FN4O10SSi-.